The highest BCUT2D eigenvalue weighted by molar-refractivity contribution is 7.26. The lowest BCUT2D eigenvalue weighted by atomic mass is 10.0. The number of hydrogen-bond donors (Lipinski definition) is 0. The van der Waals surface area contributed by atoms with Crippen LogP contribution < -0.4 is 0 Å². The molecule has 0 spiro atoms. The van der Waals surface area contributed by atoms with E-state index in [-0.39, 0.29) is 0 Å². The molecule has 0 aliphatic rings. The predicted molar refractivity (Wildman–Crippen MR) is 226 cm³/mol. The van der Waals surface area contributed by atoms with Crippen molar-refractivity contribution in [3.63, 3.8) is 0 Å². The first kappa shape index (κ1) is 28.5. The summed E-state index contributed by atoms with van der Waals surface area (Å²) in [5, 5.41) is 10.3. The Balaban J connectivity index is 1.12. The van der Waals surface area contributed by atoms with Gasteiger partial charge < -0.3 is 9.13 Å². The maximum atomic E-state index is 2.50. The molecular weight excluding hydrogens is 669 g/mol. The Bertz CT molecular complexity index is 3410. The van der Waals surface area contributed by atoms with E-state index in [1.54, 1.807) is 0 Å². The fourth-order valence-corrected chi connectivity index (χ4v) is 10.8. The van der Waals surface area contributed by atoms with E-state index < -0.39 is 0 Å². The van der Waals surface area contributed by atoms with Crippen LogP contribution in [0.1, 0.15) is 0 Å². The number of rotatable bonds is 3. The van der Waals surface area contributed by atoms with Gasteiger partial charge in [-0.2, -0.15) is 0 Å². The van der Waals surface area contributed by atoms with Gasteiger partial charge in [0.25, 0.3) is 0 Å². The first-order chi connectivity index (χ1) is 25.8. The Kier molecular flexibility index (Phi) is 5.84. The van der Waals surface area contributed by atoms with Crippen LogP contribution in [0.5, 0.6) is 0 Å². The molecule has 2 nitrogen and oxygen atoms in total. The van der Waals surface area contributed by atoms with E-state index >= 15 is 0 Å². The van der Waals surface area contributed by atoms with Gasteiger partial charge in [-0.05, 0) is 77.9 Å². The van der Waals surface area contributed by atoms with Crippen molar-refractivity contribution in [3.8, 4) is 22.5 Å². The van der Waals surface area contributed by atoms with Crippen LogP contribution in [-0.4, -0.2) is 9.13 Å². The van der Waals surface area contributed by atoms with Crippen LogP contribution >= 0.6 is 22.7 Å². The lowest BCUT2D eigenvalue weighted by molar-refractivity contribution is 1.15. The van der Waals surface area contributed by atoms with E-state index in [0.717, 1.165) is 5.69 Å². The molecule has 0 aliphatic carbocycles. The van der Waals surface area contributed by atoms with Crippen molar-refractivity contribution in [3.05, 3.63) is 170 Å². The Morgan fingerprint density at radius 2 is 0.731 bits per heavy atom. The molecule has 0 atom stereocenters. The van der Waals surface area contributed by atoms with E-state index in [0.29, 0.717) is 0 Å². The first-order valence-corrected chi connectivity index (χ1v) is 19.3. The predicted octanol–water partition coefficient (Wildman–Crippen LogP) is 14.3. The van der Waals surface area contributed by atoms with E-state index in [1.165, 1.54) is 101 Å². The summed E-state index contributed by atoms with van der Waals surface area (Å²) in [4.78, 5) is 0. The van der Waals surface area contributed by atoms with Crippen molar-refractivity contribution >= 4 is 107 Å². The lowest BCUT2D eigenvalue weighted by Crippen LogP contribution is -1.98. The van der Waals surface area contributed by atoms with Crippen molar-refractivity contribution in [1.82, 2.24) is 9.13 Å². The average Bonchev–Trinajstić information content (AvgIpc) is 3.95. The zero-order valence-corrected chi connectivity index (χ0v) is 29.5. The van der Waals surface area contributed by atoms with Crippen LogP contribution in [0.2, 0.25) is 0 Å². The monoisotopic (exact) mass is 696 g/mol. The molecule has 4 aromatic heterocycles. The van der Waals surface area contributed by atoms with Gasteiger partial charge in [0.15, 0.2) is 0 Å². The van der Waals surface area contributed by atoms with Gasteiger partial charge in [-0.15, -0.1) is 22.7 Å². The van der Waals surface area contributed by atoms with E-state index in [4.69, 9.17) is 0 Å². The fraction of sp³-hybridized carbons (Fsp3) is 0. The smallest absolute Gasteiger partial charge is 0.0788 e. The van der Waals surface area contributed by atoms with Crippen LogP contribution in [0.3, 0.4) is 0 Å². The maximum Gasteiger partial charge on any atom is 0.0788 e. The molecule has 0 bridgehead atoms. The molecule has 4 heteroatoms. The third-order valence-electron chi connectivity index (χ3n) is 10.9. The minimum Gasteiger partial charge on any atom is -0.307 e. The minimum atomic E-state index is 1.15. The molecule has 0 fully saturated rings. The van der Waals surface area contributed by atoms with Crippen LogP contribution in [0, 0.1) is 0 Å². The topological polar surface area (TPSA) is 9.86 Å². The minimum absolute atomic E-state index is 1.15. The van der Waals surface area contributed by atoms with E-state index in [9.17, 15) is 0 Å². The Hall–Kier alpha value is -6.20. The van der Waals surface area contributed by atoms with E-state index in [1.807, 2.05) is 22.7 Å². The standard InChI is InChI=1S/C48H28N2S2/c1-5-13-41-33(9-1)37-23-24-38-34-10-2-6-14-42(34)50(32-22-26-46-40(28-32)36-12-4-8-16-44(36)52-46)48(38)47(37)49(41)31-20-17-29(18-21-31)30-19-25-45-39(27-30)35-11-3-7-15-43(35)51-45/h1-28H. The summed E-state index contributed by atoms with van der Waals surface area (Å²) in [5.74, 6) is 0. The van der Waals surface area contributed by atoms with Crippen molar-refractivity contribution in [2.45, 2.75) is 0 Å². The van der Waals surface area contributed by atoms with Crippen molar-refractivity contribution in [2.24, 2.45) is 0 Å². The second-order valence-corrected chi connectivity index (χ2v) is 15.9. The Morgan fingerprint density at radius 1 is 0.288 bits per heavy atom. The zero-order chi connectivity index (χ0) is 33.9. The zero-order valence-electron chi connectivity index (χ0n) is 27.9. The van der Waals surface area contributed by atoms with Gasteiger partial charge in [-0.3, -0.25) is 0 Å². The molecule has 12 aromatic rings. The van der Waals surface area contributed by atoms with Gasteiger partial charge in [-0.1, -0.05) is 103 Å². The average molecular weight is 697 g/mol. The van der Waals surface area contributed by atoms with Crippen LogP contribution in [-0.2, 0) is 0 Å². The quantitative estimate of drug-likeness (QED) is 0.174. The number of benzene rings is 8. The summed E-state index contributed by atoms with van der Waals surface area (Å²) < 4.78 is 10.3. The molecule has 0 unspecified atom stereocenters. The molecule has 8 aromatic carbocycles. The molecule has 0 radical (unpaired) electrons. The summed E-state index contributed by atoms with van der Waals surface area (Å²) in [5.41, 5.74) is 9.67. The van der Waals surface area contributed by atoms with Crippen molar-refractivity contribution in [1.29, 1.82) is 0 Å². The molecule has 12 rings (SSSR count). The normalized spacial score (nSPS) is 12.2. The second kappa shape index (κ2) is 10.7. The lowest BCUT2D eigenvalue weighted by Gasteiger charge is -2.13. The van der Waals surface area contributed by atoms with Gasteiger partial charge in [0.05, 0.1) is 22.1 Å². The summed E-state index contributed by atoms with van der Waals surface area (Å²) in [6.45, 7) is 0. The SMILES string of the molecule is c1ccc2c(c1)sc1ccc(-c3ccc(-n4c5ccccc5c5ccc6c7ccccc7n(-c7ccc8sc9ccccc9c8c7)c6c54)cc3)cc12. The molecule has 0 N–H and O–H groups in total. The van der Waals surface area contributed by atoms with Gasteiger partial charge in [-0.25, -0.2) is 0 Å². The number of fused-ring (bicyclic) bond motifs is 13. The summed E-state index contributed by atoms with van der Waals surface area (Å²) >= 11 is 3.73. The molecule has 0 amide bonds. The van der Waals surface area contributed by atoms with Gasteiger partial charge in [0.1, 0.15) is 0 Å². The van der Waals surface area contributed by atoms with Crippen LogP contribution in [0.4, 0.5) is 0 Å². The second-order valence-electron chi connectivity index (χ2n) is 13.7. The third kappa shape index (κ3) is 3.93. The molecule has 0 aliphatic heterocycles. The fourth-order valence-electron chi connectivity index (χ4n) is 8.60. The molecule has 52 heavy (non-hydrogen) atoms. The number of hydrogen-bond acceptors (Lipinski definition) is 2. The highest BCUT2D eigenvalue weighted by Crippen LogP contribution is 2.43. The molecular formula is C48H28N2S2. The summed E-state index contributed by atoms with van der Waals surface area (Å²) in [7, 11) is 0. The van der Waals surface area contributed by atoms with Gasteiger partial charge in [0.2, 0.25) is 0 Å². The number of aromatic nitrogens is 2. The number of para-hydroxylation sites is 2. The van der Waals surface area contributed by atoms with Crippen molar-refractivity contribution < 1.29 is 0 Å². The first-order valence-electron chi connectivity index (χ1n) is 17.7. The van der Waals surface area contributed by atoms with Gasteiger partial charge >= 0.3 is 0 Å². The Morgan fingerprint density at radius 3 is 1.35 bits per heavy atom. The van der Waals surface area contributed by atoms with Crippen molar-refractivity contribution in [2.75, 3.05) is 0 Å². The maximum absolute atomic E-state index is 2.50. The third-order valence-corrected chi connectivity index (χ3v) is 13.2. The highest BCUT2D eigenvalue weighted by atomic mass is 32.1. The molecule has 4 heterocycles. The highest BCUT2D eigenvalue weighted by Gasteiger charge is 2.21. The van der Waals surface area contributed by atoms with Gasteiger partial charge in [0, 0.05) is 73.3 Å². The summed E-state index contributed by atoms with van der Waals surface area (Å²) in [6, 6.07) is 63.0. The van der Waals surface area contributed by atoms with Crippen LogP contribution in [0.25, 0.3) is 106 Å². The van der Waals surface area contributed by atoms with E-state index in [2.05, 4.69) is 179 Å². The summed E-state index contributed by atoms with van der Waals surface area (Å²) in [6.07, 6.45) is 0. The van der Waals surface area contributed by atoms with Crippen LogP contribution in [0.15, 0.2) is 170 Å². The number of thiophene rings is 2. The molecule has 242 valence electrons. The number of nitrogens with zero attached hydrogens (tertiary/aromatic N) is 2. The Labute approximate surface area is 306 Å². The molecule has 0 saturated heterocycles. The largest absolute Gasteiger partial charge is 0.307 e. The molecule has 0 saturated carbocycles.